The first-order valence-electron chi connectivity index (χ1n) is 6.53. The van der Waals surface area contributed by atoms with Crippen molar-refractivity contribution >= 4 is 29.1 Å². The summed E-state index contributed by atoms with van der Waals surface area (Å²) in [5.41, 5.74) is 1.04. The molecule has 0 aromatic heterocycles. The maximum absolute atomic E-state index is 6.10. The lowest BCUT2D eigenvalue weighted by Gasteiger charge is -2.31. The van der Waals surface area contributed by atoms with Crippen LogP contribution in [0.1, 0.15) is 12.8 Å². The molecule has 0 bridgehead atoms. The van der Waals surface area contributed by atoms with E-state index in [4.69, 9.17) is 11.6 Å². The number of hydrogen-bond donors (Lipinski definition) is 1. The minimum atomic E-state index is 0.804. The minimum Gasteiger partial charge on any atom is -0.383 e. The molecule has 1 heterocycles. The summed E-state index contributed by atoms with van der Waals surface area (Å²) in [7, 11) is 0. The number of thioether (sulfide) groups is 1. The molecule has 2 nitrogen and oxygen atoms in total. The molecule has 4 heteroatoms. The lowest BCUT2D eigenvalue weighted by molar-refractivity contribution is 0.241. The lowest BCUT2D eigenvalue weighted by atomic mass is 10.1. The minimum absolute atomic E-state index is 0.804. The Bertz CT molecular complexity index is 365. The Morgan fingerprint density at radius 2 is 2.06 bits per heavy atom. The Balaban J connectivity index is 1.69. The number of para-hydroxylation sites is 1. The fraction of sp³-hybridized carbons (Fsp3) is 0.571. The van der Waals surface area contributed by atoms with Crippen LogP contribution in [0.25, 0.3) is 0 Å². The second-order valence-electron chi connectivity index (χ2n) is 4.68. The third kappa shape index (κ3) is 4.08. The SMILES string of the molecule is CSC1CCN(CCNc2ccccc2Cl)CC1. The van der Waals surface area contributed by atoms with E-state index in [0.717, 1.165) is 29.0 Å². The molecule has 1 aromatic carbocycles. The third-order valence-corrected chi connectivity index (χ3v) is 4.95. The second kappa shape index (κ2) is 7.27. The van der Waals surface area contributed by atoms with E-state index in [-0.39, 0.29) is 0 Å². The van der Waals surface area contributed by atoms with E-state index >= 15 is 0 Å². The van der Waals surface area contributed by atoms with Crippen molar-refractivity contribution in [2.45, 2.75) is 18.1 Å². The first kappa shape index (κ1) is 14.0. The summed E-state index contributed by atoms with van der Waals surface area (Å²) in [5.74, 6) is 0. The molecule has 0 radical (unpaired) electrons. The molecule has 1 saturated heterocycles. The van der Waals surface area contributed by atoms with Gasteiger partial charge >= 0.3 is 0 Å². The topological polar surface area (TPSA) is 15.3 Å². The Kier molecular flexibility index (Phi) is 5.67. The lowest BCUT2D eigenvalue weighted by Crippen LogP contribution is -2.37. The van der Waals surface area contributed by atoms with Gasteiger partial charge in [-0.15, -0.1) is 0 Å². The number of rotatable bonds is 5. The highest BCUT2D eigenvalue weighted by molar-refractivity contribution is 7.99. The molecule has 0 saturated carbocycles. The zero-order valence-electron chi connectivity index (χ0n) is 10.9. The highest BCUT2D eigenvalue weighted by Crippen LogP contribution is 2.22. The molecule has 1 aromatic rings. The van der Waals surface area contributed by atoms with Crippen molar-refractivity contribution < 1.29 is 0 Å². The summed E-state index contributed by atoms with van der Waals surface area (Å²) >= 11 is 8.12. The Labute approximate surface area is 119 Å². The van der Waals surface area contributed by atoms with Crippen LogP contribution in [0, 0.1) is 0 Å². The number of nitrogens with zero attached hydrogens (tertiary/aromatic N) is 1. The molecule has 0 unspecified atom stereocenters. The average molecular weight is 285 g/mol. The predicted molar refractivity (Wildman–Crippen MR) is 82.9 cm³/mol. The summed E-state index contributed by atoms with van der Waals surface area (Å²) in [5, 5.41) is 5.08. The highest BCUT2D eigenvalue weighted by Gasteiger charge is 2.17. The highest BCUT2D eigenvalue weighted by atomic mass is 35.5. The molecule has 18 heavy (non-hydrogen) atoms. The number of halogens is 1. The average Bonchev–Trinajstić information content (AvgIpc) is 2.42. The second-order valence-corrected chi connectivity index (χ2v) is 6.23. The van der Waals surface area contributed by atoms with Gasteiger partial charge in [0.2, 0.25) is 0 Å². The van der Waals surface area contributed by atoms with E-state index in [2.05, 4.69) is 16.5 Å². The van der Waals surface area contributed by atoms with Gasteiger partial charge in [-0.25, -0.2) is 0 Å². The van der Waals surface area contributed by atoms with Gasteiger partial charge in [-0.3, -0.25) is 0 Å². The first-order valence-corrected chi connectivity index (χ1v) is 8.19. The summed E-state index contributed by atoms with van der Waals surface area (Å²) in [6.45, 7) is 4.53. The first-order chi connectivity index (χ1) is 8.79. The molecule has 1 fully saturated rings. The summed E-state index contributed by atoms with van der Waals surface area (Å²) in [6.07, 6.45) is 4.87. The van der Waals surface area contributed by atoms with Crippen molar-refractivity contribution in [2.24, 2.45) is 0 Å². The molecule has 0 atom stereocenters. The number of nitrogens with one attached hydrogen (secondary N) is 1. The zero-order chi connectivity index (χ0) is 12.8. The monoisotopic (exact) mass is 284 g/mol. The molecule has 0 spiro atoms. The van der Waals surface area contributed by atoms with Gasteiger partial charge in [0, 0.05) is 18.3 Å². The molecule has 0 amide bonds. The Hall–Kier alpha value is -0.380. The maximum atomic E-state index is 6.10. The number of likely N-dealkylation sites (tertiary alicyclic amines) is 1. The van der Waals surface area contributed by atoms with Crippen molar-refractivity contribution in [3.05, 3.63) is 29.3 Å². The van der Waals surface area contributed by atoms with E-state index in [1.165, 1.54) is 25.9 Å². The number of hydrogen-bond acceptors (Lipinski definition) is 3. The predicted octanol–water partition coefficient (Wildman–Crippen LogP) is 3.58. The summed E-state index contributed by atoms with van der Waals surface area (Å²) in [4.78, 5) is 2.54. The molecule has 1 aliphatic rings. The van der Waals surface area contributed by atoms with Gasteiger partial charge in [0.15, 0.2) is 0 Å². The van der Waals surface area contributed by atoms with Gasteiger partial charge in [-0.1, -0.05) is 23.7 Å². The fourth-order valence-corrected chi connectivity index (χ4v) is 3.21. The van der Waals surface area contributed by atoms with E-state index in [9.17, 15) is 0 Å². The van der Waals surface area contributed by atoms with Crippen LogP contribution in [-0.2, 0) is 0 Å². The zero-order valence-corrected chi connectivity index (χ0v) is 12.4. The summed E-state index contributed by atoms with van der Waals surface area (Å²) in [6, 6.07) is 7.93. The van der Waals surface area contributed by atoms with Crippen molar-refractivity contribution in [1.29, 1.82) is 0 Å². The van der Waals surface area contributed by atoms with Crippen LogP contribution >= 0.6 is 23.4 Å². The Morgan fingerprint density at radius 3 is 2.72 bits per heavy atom. The van der Waals surface area contributed by atoms with Crippen LogP contribution in [0.2, 0.25) is 5.02 Å². The van der Waals surface area contributed by atoms with Crippen LogP contribution in [0.4, 0.5) is 5.69 Å². The van der Waals surface area contributed by atoms with Crippen molar-refractivity contribution in [2.75, 3.05) is 37.8 Å². The van der Waals surface area contributed by atoms with Gasteiger partial charge in [0.05, 0.1) is 10.7 Å². The fourth-order valence-electron chi connectivity index (χ4n) is 2.32. The van der Waals surface area contributed by atoms with Gasteiger partial charge in [-0.05, 0) is 44.3 Å². The quantitative estimate of drug-likeness (QED) is 0.890. The van der Waals surface area contributed by atoms with E-state index in [0.29, 0.717) is 0 Å². The molecule has 1 N–H and O–H groups in total. The molecular weight excluding hydrogens is 264 g/mol. The molecular formula is C14H21ClN2S. The van der Waals surface area contributed by atoms with Gasteiger partial charge in [0.25, 0.3) is 0 Å². The third-order valence-electron chi connectivity index (χ3n) is 3.49. The molecule has 2 rings (SSSR count). The van der Waals surface area contributed by atoms with Crippen LogP contribution in [-0.4, -0.2) is 42.6 Å². The van der Waals surface area contributed by atoms with Gasteiger partial charge in [0.1, 0.15) is 0 Å². The smallest absolute Gasteiger partial charge is 0.0637 e. The maximum Gasteiger partial charge on any atom is 0.0637 e. The normalized spacial score (nSPS) is 17.9. The van der Waals surface area contributed by atoms with E-state index in [1.54, 1.807) is 0 Å². The summed E-state index contributed by atoms with van der Waals surface area (Å²) < 4.78 is 0. The molecule has 100 valence electrons. The van der Waals surface area contributed by atoms with Crippen LogP contribution in [0.15, 0.2) is 24.3 Å². The largest absolute Gasteiger partial charge is 0.383 e. The molecule has 1 aliphatic heterocycles. The van der Waals surface area contributed by atoms with Crippen molar-refractivity contribution in [3.8, 4) is 0 Å². The molecule has 0 aliphatic carbocycles. The van der Waals surface area contributed by atoms with E-state index < -0.39 is 0 Å². The van der Waals surface area contributed by atoms with Crippen molar-refractivity contribution in [1.82, 2.24) is 4.90 Å². The van der Waals surface area contributed by atoms with Crippen LogP contribution < -0.4 is 5.32 Å². The number of piperidine rings is 1. The standard InChI is InChI=1S/C14H21ClN2S/c1-18-12-6-9-17(10-7-12)11-8-16-14-5-3-2-4-13(14)15/h2-5,12,16H,6-11H2,1H3. The van der Waals surface area contributed by atoms with Crippen LogP contribution in [0.3, 0.4) is 0 Å². The van der Waals surface area contributed by atoms with Crippen molar-refractivity contribution in [3.63, 3.8) is 0 Å². The van der Waals surface area contributed by atoms with Gasteiger partial charge in [-0.2, -0.15) is 11.8 Å². The van der Waals surface area contributed by atoms with E-state index in [1.807, 2.05) is 36.0 Å². The number of benzene rings is 1. The Morgan fingerprint density at radius 1 is 1.33 bits per heavy atom. The number of anilines is 1. The van der Waals surface area contributed by atoms with Crippen LogP contribution in [0.5, 0.6) is 0 Å². The van der Waals surface area contributed by atoms with Gasteiger partial charge < -0.3 is 10.2 Å².